The van der Waals surface area contributed by atoms with E-state index in [0.29, 0.717) is 42.0 Å². The average molecular weight is 509 g/mol. The molecule has 3 aliphatic rings. The first-order valence-electron chi connectivity index (χ1n) is 10.8. The molecule has 2 aromatic rings. The van der Waals surface area contributed by atoms with Crippen molar-refractivity contribution in [2.24, 2.45) is 0 Å². The van der Waals surface area contributed by atoms with Crippen LogP contribution in [0.15, 0.2) is 4.47 Å². The van der Waals surface area contributed by atoms with E-state index in [1.165, 1.54) is 7.11 Å². The highest BCUT2D eigenvalue weighted by atomic mass is 79.9. The first-order valence-corrected chi connectivity index (χ1v) is 11.6. The van der Waals surface area contributed by atoms with Crippen molar-refractivity contribution in [3.63, 3.8) is 0 Å². The van der Waals surface area contributed by atoms with Crippen LogP contribution in [-0.2, 0) is 22.7 Å². The Bertz CT molecular complexity index is 1090. The Hall–Kier alpha value is -2.20. The van der Waals surface area contributed by atoms with Gasteiger partial charge in [0.1, 0.15) is 16.9 Å². The summed E-state index contributed by atoms with van der Waals surface area (Å²) in [6, 6.07) is 0.216. The van der Waals surface area contributed by atoms with Gasteiger partial charge in [0.2, 0.25) is 0 Å². The summed E-state index contributed by atoms with van der Waals surface area (Å²) in [5, 5.41) is 0.668. The van der Waals surface area contributed by atoms with Gasteiger partial charge < -0.3 is 24.0 Å². The van der Waals surface area contributed by atoms with Crippen molar-refractivity contribution in [2.75, 3.05) is 25.1 Å². The Morgan fingerprint density at radius 3 is 2.44 bits per heavy atom. The molecule has 0 aliphatic carbocycles. The summed E-state index contributed by atoms with van der Waals surface area (Å²) in [6.07, 6.45) is 1.52. The predicted octanol–water partition coefficient (Wildman–Crippen LogP) is 4.16. The maximum Gasteiger partial charge on any atom is 0.410 e. The standard InChI is InChI=1S/C22H26BrFN4O4/c1-22(2,3)32-21(29)27-7-11-5-6-12(8-27)28(11)19-15-13-9-31-10-14(13)16(23)17(24)18(15)25-20(26-19)30-4/h11-12H,5-10H2,1-4H3. The number of fused-ring (bicyclic) bond motifs is 5. The molecule has 0 radical (unpaired) electrons. The molecule has 1 aromatic carbocycles. The third-order valence-electron chi connectivity index (χ3n) is 6.25. The molecule has 2 atom stereocenters. The van der Waals surface area contributed by atoms with Gasteiger partial charge in [-0.2, -0.15) is 9.97 Å². The third kappa shape index (κ3) is 3.48. The van der Waals surface area contributed by atoms with Gasteiger partial charge in [-0.3, -0.25) is 0 Å². The molecule has 172 valence electrons. The number of carbonyl (C=O) groups excluding carboxylic acids is 1. The van der Waals surface area contributed by atoms with Gasteiger partial charge >= 0.3 is 12.1 Å². The number of methoxy groups -OCH3 is 1. The fourth-order valence-corrected chi connectivity index (χ4v) is 5.49. The zero-order chi connectivity index (χ0) is 22.8. The van der Waals surface area contributed by atoms with Gasteiger partial charge in [0.25, 0.3) is 0 Å². The van der Waals surface area contributed by atoms with E-state index in [9.17, 15) is 4.79 Å². The summed E-state index contributed by atoms with van der Waals surface area (Å²) in [7, 11) is 1.48. The highest BCUT2D eigenvalue weighted by molar-refractivity contribution is 9.10. The van der Waals surface area contributed by atoms with Crippen LogP contribution in [0.25, 0.3) is 10.9 Å². The maximum absolute atomic E-state index is 15.3. The number of likely N-dealkylation sites (tertiary alicyclic amines) is 1. The van der Waals surface area contributed by atoms with Crippen LogP contribution in [-0.4, -0.2) is 58.8 Å². The largest absolute Gasteiger partial charge is 0.467 e. The molecule has 8 nitrogen and oxygen atoms in total. The molecule has 0 saturated carbocycles. The van der Waals surface area contributed by atoms with Crippen LogP contribution in [0, 0.1) is 5.82 Å². The lowest BCUT2D eigenvalue weighted by Crippen LogP contribution is -2.56. The second kappa shape index (κ2) is 7.69. The lowest BCUT2D eigenvalue weighted by atomic mass is 10.0. The molecular formula is C22H26BrFN4O4. The minimum atomic E-state index is -0.547. The number of hydrogen-bond donors (Lipinski definition) is 0. The summed E-state index contributed by atoms with van der Waals surface area (Å²) >= 11 is 3.38. The summed E-state index contributed by atoms with van der Waals surface area (Å²) < 4.78 is 32.3. The number of halogens is 2. The smallest absolute Gasteiger partial charge is 0.410 e. The molecule has 32 heavy (non-hydrogen) atoms. The van der Waals surface area contributed by atoms with Gasteiger partial charge in [0.05, 0.1) is 30.2 Å². The van der Waals surface area contributed by atoms with Crippen molar-refractivity contribution in [1.82, 2.24) is 14.9 Å². The highest BCUT2D eigenvalue weighted by Gasteiger charge is 2.44. The molecule has 2 unspecified atom stereocenters. The molecule has 2 bridgehead atoms. The molecule has 4 heterocycles. The van der Waals surface area contributed by atoms with E-state index < -0.39 is 11.4 Å². The summed E-state index contributed by atoms with van der Waals surface area (Å²) in [4.78, 5) is 25.7. The Labute approximate surface area is 194 Å². The van der Waals surface area contributed by atoms with Crippen molar-refractivity contribution in [3.8, 4) is 6.01 Å². The number of hydrogen-bond acceptors (Lipinski definition) is 7. The van der Waals surface area contributed by atoms with Gasteiger partial charge in [-0.25, -0.2) is 9.18 Å². The fourth-order valence-electron chi connectivity index (χ4n) is 4.95. The number of rotatable bonds is 2. The third-order valence-corrected chi connectivity index (χ3v) is 7.08. The number of aromatic nitrogens is 2. The molecule has 3 aliphatic heterocycles. The van der Waals surface area contributed by atoms with Crippen LogP contribution < -0.4 is 9.64 Å². The Morgan fingerprint density at radius 2 is 1.81 bits per heavy atom. The van der Waals surface area contributed by atoms with Gasteiger partial charge in [0, 0.05) is 30.7 Å². The molecular weight excluding hydrogens is 483 g/mol. The monoisotopic (exact) mass is 508 g/mol. The van der Waals surface area contributed by atoms with Crippen LogP contribution in [0.5, 0.6) is 6.01 Å². The van der Waals surface area contributed by atoms with Crippen molar-refractivity contribution in [1.29, 1.82) is 0 Å². The van der Waals surface area contributed by atoms with Crippen LogP contribution in [0.3, 0.4) is 0 Å². The van der Waals surface area contributed by atoms with E-state index in [4.69, 9.17) is 14.2 Å². The molecule has 5 rings (SSSR count). The number of nitrogens with zero attached hydrogens (tertiary/aromatic N) is 4. The van der Waals surface area contributed by atoms with E-state index in [2.05, 4.69) is 30.8 Å². The average Bonchev–Trinajstić information content (AvgIpc) is 3.32. The Morgan fingerprint density at radius 1 is 1.16 bits per heavy atom. The lowest BCUT2D eigenvalue weighted by molar-refractivity contribution is 0.0209. The first kappa shape index (κ1) is 21.6. The normalized spacial score (nSPS) is 22.4. The quantitative estimate of drug-likeness (QED) is 0.602. The van der Waals surface area contributed by atoms with E-state index in [1.807, 2.05) is 20.8 Å². The molecule has 2 saturated heterocycles. The number of anilines is 1. The van der Waals surface area contributed by atoms with Gasteiger partial charge in [-0.15, -0.1) is 0 Å². The number of amides is 1. The lowest BCUT2D eigenvalue weighted by Gasteiger charge is -2.42. The Balaban J connectivity index is 1.58. The maximum atomic E-state index is 15.3. The minimum Gasteiger partial charge on any atom is -0.467 e. The van der Waals surface area contributed by atoms with Crippen LogP contribution in [0.1, 0.15) is 44.7 Å². The molecule has 1 amide bonds. The van der Waals surface area contributed by atoms with Gasteiger partial charge in [-0.1, -0.05) is 0 Å². The summed E-state index contributed by atoms with van der Waals surface area (Å²) in [5.74, 6) is 0.210. The van der Waals surface area contributed by atoms with E-state index in [-0.39, 0.29) is 29.7 Å². The molecule has 10 heteroatoms. The molecule has 2 fully saturated rings. The topological polar surface area (TPSA) is 77.0 Å². The van der Waals surface area contributed by atoms with Crippen LogP contribution in [0.4, 0.5) is 15.0 Å². The van der Waals surface area contributed by atoms with Gasteiger partial charge in [-0.05, 0) is 55.1 Å². The minimum absolute atomic E-state index is 0.0498. The second-order valence-electron chi connectivity index (χ2n) is 9.51. The molecule has 0 spiro atoms. The predicted molar refractivity (Wildman–Crippen MR) is 119 cm³/mol. The van der Waals surface area contributed by atoms with Crippen LogP contribution in [0.2, 0.25) is 0 Å². The molecule has 1 aromatic heterocycles. The molecule has 0 N–H and O–H groups in total. The Kier molecular flexibility index (Phi) is 5.20. The summed E-state index contributed by atoms with van der Waals surface area (Å²) in [5.41, 5.74) is 1.37. The van der Waals surface area contributed by atoms with E-state index in [1.54, 1.807) is 4.90 Å². The first-order chi connectivity index (χ1) is 15.2. The number of carbonyl (C=O) groups is 1. The van der Waals surface area contributed by atoms with Crippen molar-refractivity contribution in [3.05, 3.63) is 21.4 Å². The van der Waals surface area contributed by atoms with Crippen molar-refractivity contribution >= 4 is 38.7 Å². The van der Waals surface area contributed by atoms with E-state index in [0.717, 1.165) is 24.0 Å². The zero-order valence-corrected chi connectivity index (χ0v) is 20.2. The number of ether oxygens (including phenoxy) is 3. The SMILES string of the molecule is COc1nc(N2C3CCC2CN(C(=O)OC(C)(C)C)C3)c2c3c(c(Br)c(F)c2n1)COC3. The van der Waals surface area contributed by atoms with Crippen molar-refractivity contribution < 1.29 is 23.4 Å². The second-order valence-corrected chi connectivity index (χ2v) is 10.3. The highest BCUT2D eigenvalue weighted by Crippen LogP contribution is 2.44. The zero-order valence-electron chi connectivity index (χ0n) is 18.6. The van der Waals surface area contributed by atoms with E-state index >= 15 is 4.39 Å². The van der Waals surface area contributed by atoms with Crippen LogP contribution >= 0.6 is 15.9 Å². The fraction of sp³-hybridized carbons (Fsp3) is 0.591. The number of piperazine rings is 1. The summed E-state index contributed by atoms with van der Waals surface area (Å²) in [6.45, 7) is 7.36. The van der Waals surface area contributed by atoms with Crippen molar-refractivity contribution in [2.45, 2.75) is 64.5 Å². The van der Waals surface area contributed by atoms with Gasteiger partial charge in [0.15, 0.2) is 5.82 Å². The number of benzene rings is 1.